The number of hydrogen-bond donors (Lipinski definition) is 1. The largest absolute Gasteiger partial charge is 0.484 e. The Bertz CT molecular complexity index is 1660. The summed E-state index contributed by atoms with van der Waals surface area (Å²) < 4.78 is 17.0. The van der Waals surface area contributed by atoms with E-state index >= 15 is 0 Å². The highest BCUT2D eigenvalue weighted by Gasteiger charge is 2.34. The predicted octanol–water partition coefficient (Wildman–Crippen LogP) is 5.87. The minimum atomic E-state index is -0.319. The third-order valence-corrected chi connectivity index (χ3v) is 7.14. The second-order valence-corrected chi connectivity index (χ2v) is 9.99. The van der Waals surface area contributed by atoms with Crippen LogP contribution in [-0.2, 0) is 19.6 Å². The fourth-order valence-electron chi connectivity index (χ4n) is 5.14. The van der Waals surface area contributed by atoms with Crippen LogP contribution in [0.3, 0.4) is 0 Å². The Balaban J connectivity index is 1.19. The summed E-state index contributed by atoms with van der Waals surface area (Å²) in [6.07, 6.45) is 3.56. The van der Waals surface area contributed by atoms with Gasteiger partial charge in [0.15, 0.2) is 18.1 Å². The monoisotopic (exact) mass is 547 g/mol. The number of ether oxygens (including phenoxy) is 1. The smallest absolute Gasteiger partial charge is 0.290 e. The van der Waals surface area contributed by atoms with Crippen LogP contribution in [0.5, 0.6) is 5.75 Å². The molecule has 41 heavy (non-hydrogen) atoms. The molecule has 5 aromatic rings. The SMILES string of the molecule is Cc1cccc(C2c3cc(OCc4nc(C(=O)NCc5ccccc5)co4)ccc3CCN2C(=O)c2ccco2)c1. The number of benzene rings is 3. The number of nitrogens with zero attached hydrogens (tertiary/aromatic N) is 2. The number of carbonyl (C=O) groups excluding carboxylic acids is 2. The molecule has 0 saturated heterocycles. The van der Waals surface area contributed by atoms with Crippen LogP contribution < -0.4 is 10.1 Å². The maximum Gasteiger partial charge on any atom is 0.290 e. The second-order valence-electron chi connectivity index (χ2n) is 9.99. The van der Waals surface area contributed by atoms with Crippen molar-refractivity contribution in [3.8, 4) is 5.75 Å². The van der Waals surface area contributed by atoms with E-state index in [4.69, 9.17) is 13.6 Å². The molecule has 1 N–H and O–H groups in total. The Morgan fingerprint density at radius 1 is 1.00 bits per heavy atom. The summed E-state index contributed by atoms with van der Waals surface area (Å²) in [5.74, 6) is 0.738. The van der Waals surface area contributed by atoms with E-state index in [0.29, 0.717) is 31.0 Å². The Hall–Kier alpha value is -5.11. The van der Waals surface area contributed by atoms with Crippen LogP contribution in [0.15, 0.2) is 106 Å². The highest BCUT2D eigenvalue weighted by atomic mass is 16.5. The van der Waals surface area contributed by atoms with Crippen molar-refractivity contribution in [2.75, 3.05) is 6.54 Å². The number of aromatic nitrogens is 1. The van der Waals surface area contributed by atoms with E-state index in [-0.39, 0.29) is 36.0 Å². The normalized spacial score (nSPS) is 14.4. The van der Waals surface area contributed by atoms with Gasteiger partial charge < -0.3 is 23.8 Å². The Morgan fingerprint density at radius 2 is 1.88 bits per heavy atom. The minimum absolute atomic E-state index is 0.0505. The standard InChI is InChI=1S/C33H29N3O5/c1-22-7-5-10-25(17-22)31-27-18-26(13-12-24(27)14-15-36(31)33(38)29-11-6-16-39-29)40-21-30-35-28(20-41-30)32(37)34-19-23-8-3-2-4-9-23/h2-13,16-18,20,31H,14-15,19,21H2,1H3,(H,34,37). The maximum atomic E-state index is 13.5. The van der Waals surface area contributed by atoms with Crippen molar-refractivity contribution in [1.82, 2.24) is 15.2 Å². The molecule has 2 aromatic heterocycles. The van der Waals surface area contributed by atoms with Gasteiger partial charge in [-0.2, -0.15) is 0 Å². The molecule has 0 bridgehead atoms. The first-order valence-corrected chi connectivity index (χ1v) is 13.5. The van der Waals surface area contributed by atoms with Gasteiger partial charge in [-0.3, -0.25) is 9.59 Å². The first-order chi connectivity index (χ1) is 20.0. The molecule has 6 rings (SSSR count). The van der Waals surface area contributed by atoms with E-state index in [2.05, 4.69) is 16.4 Å². The summed E-state index contributed by atoms with van der Waals surface area (Å²) in [5.41, 5.74) is 5.46. The van der Waals surface area contributed by atoms with Crippen molar-refractivity contribution in [2.45, 2.75) is 32.5 Å². The molecule has 0 aliphatic carbocycles. The topological polar surface area (TPSA) is 97.8 Å². The van der Waals surface area contributed by atoms with E-state index in [9.17, 15) is 9.59 Å². The lowest BCUT2D eigenvalue weighted by molar-refractivity contribution is 0.0661. The number of fused-ring (bicyclic) bond motifs is 1. The van der Waals surface area contributed by atoms with Crippen LogP contribution in [0.4, 0.5) is 0 Å². The number of nitrogens with one attached hydrogen (secondary N) is 1. The molecule has 1 unspecified atom stereocenters. The molecule has 2 amide bonds. The molecule has 1 aliphatic rings. The predicted molar refractivity (Wildman–Crippen MR) is 151 cm³/mol. The summed E-state index contributed by atoms with van der Waals surface area (Å²) in [7, 11) is 0. The van der Waals surface area contributed by atoms with Gasteiger partial charge in [-0.15, -0.1) is 0 Å². The third kappa shape index (κ3) is 5.77. The minimum Gasteiger partial charge on any atom is -0.484 e. The number of rotatable bonds is 8. The zero-order valence-corrected chi connectivity index (χ0v) is 22.6. The summed E-state index contributed by atoms with van der Waals surface area (Å²) in [5, 5.41) is 2.84. The van der Waals surface area contributed by atoms with Crippen LogP contribution in [0.25, 0.3) is 0 Å². The molecule has 8 nitrogen and oxygen atoms in total. The molecular formula is C33H29N3O5. The van der Waals surface area contributed by atoms with Crippen molar-refractivity contribution >= 4 is 11.8 Å². The highest BCUT2D eigenvalue weighted by Crippen LogP contribution is 2.38. The van der Waals surface area contributed by atoms with Gasteiger partial charge in [0.05, 0.1) is 12.3 Å². The average molecular weight is 548 g/mol. The lowest BCUT2D eigenvalue weighted by atomic mass is 9.87. The van der Waals surface area contributed by atoms with Gasteiger partial charge in [0.25, 0.3) is 11.8 Å². The molecular weight excluding hydrogens is 518 g/mol. The van der Waals surface area contributed by atoms with Gasteiger partial charge in [0, 0.05) is 13.1 Å². The molecule has 1 atom stereocenters. The van der Waals surface area contributed by atoms with Gasteiger partial charge in [-0.25, -0.2) is 4.98 Å². The van der Waals surface area contributed by atoms with E-state index in [0.717, 1.165) is 27.8 Å². The Morgan fingerprint density at radius 3 is 2.68 bits per heavy atom. The maximum absolute atomic E-state index is 13.5. The molecule has 0 radical (unpaired) electrons. The third-order valence-electron chi connectivity index (χ3n) is 7.14. The van der Waals surface area contributed by atoms with Crippen LogP contribution in [0.2, 0.25) is 0 Å². The van der Waals surface area contributed by atoms with Gasteiger partial charge >= 0.3 is 0 Å². The number of hydrogen-bond acceptors (Lipinski definition) is 6. The molecule has 0 saturated carbocycles. The number of furan rings is 1. The Kier molecular flexibility index (Phi) is 7.36. The van der Waals surface area contributed by atoms with E-state index in [1.165, 1.54) is 12.5 Å². The first-order valence-electron chi connectivity index (χ1n) is 13.5. The summed E-state index contributed by atoms with van der Waals surface area (Å²) in [6, 6.07) is 26.9. The van der Waals surface area contributed by atoms with Crippen molar-refractivity contribution in [3.63, 3.8) is 0 Å². The zero-order valence-electron chi connectivity index (χ0n) is 22.6. The van der Waals surface area contributed by atoms with Crippen LogP contribution >= 0.6 is 0 Å². The van der Waals surface area contributed by atoms with E-state index < -0.39 is 0 Å². The number of aryl methyl sites for hydroxylation is 1. The number of oxazole rings is 1. The summed E-state index contributed by atoms with van der Waals surface area (Å²) in [6.45, 7) is 3.05. The van der Waals surface area contributed by atoms with Crippen molar-refractivity contribution in [3.05, 3.63) is 143 Å². The Labute approximate surface area is 237 Å². The number of amides is 2. The molecule has 0 fully saturated rings. The van der Waals surface area contributed by atoms with Crippen LogP contribution in [-0.4, -0.2) is 28.2 Å². The van der Waals surface area contributed by atoms with Crippen LogP contribution in [0, 0.1) is 6.92 Å². The van der Waals surface area contributed by atoms with Gasteiger partial charge in [-0.1, -0.05) is 66.2 Å². The fraction of sp³-hybridized carbons (Fsp3) is 0.182. The highest BCUT2D eigenvalue weighted by molar-refractivity contribution is 5.92. The zero-order chi connectivity index (χ0) is 28.2. The second kappa shape index (κ2) is 11.6. The van der Waals surface area contributed by atoms with Crippen molar-refractivity contribution in [1.29, 1.82) is 0 Å². The molecule has 3 aromatic carbocycles. The first kappa shape index (κ1) is 26.1. The summed E-state index contributed by atoms with van der Waals surface area (Å²) >= 11 is 0. The average Bonchev–Trinajstić information content (AvgIpc) is 3.71. The number of carbonyl (C=O) groups is 2. The quantitative estimate of drug-likeness (QED) is 0.261. The van der Waals surface area contributed by atoms with Gasteiger partial charge in [-0.05, 0) is 59.9 Å². The van der Waals surface area contributed by atoms with E-state index in [1.54, 1.807) is 12.1 Å². The van der Waals surface area contributed by atoms with Crippen LogP contribution in [0.1, 0.15) is 60.8 Å². The molecule has 0 spiro atoms. The molecule has 1 aliphatic heterocycles. The fourth-order valence-corrected chi connectivity index (χ4v) is 5.14. The van der Waals surface area contributed by atoms with Gasteiger partial charge in [0.2, 0.25) is 5.89 Å². The molecule has 206 valence electrons. The van der Waals surface area contributed by atoms with E-state index in [1.807, 2.05) is 78.6 Å². The van der Waals surface area contributed by atoms with Crippen molar-refractivity contribution in [2.24, 2.45) is 0 Å². The van der Waals surface area contributed by atoms with Gasteiger partial charge in [0.1, 0.15) is 12.0 Å². The molecule has 3 heterocycles. The molecule has 8 heteroatoms. The lowest BCUT2D eigenvalue weighted by Crippen LogP contribution is -2.40. The summed E-state index contributed by atoms with van der Waals surface area (Å²) in [4.78, 5) is 32.1. The lowest BCUT2D eigenvalue weighted by Gasteiger charge is -2.37. The van der Waals surface area contributed by atoms with Crippen molar-refractivity contribution < 1.29 is 23.2 Å².